The molecule has 30 heavy (non-hydrogen) atoms. The van der Waals surface area contributed by atoms with Gasteiger partial charge in [-0.25, -0.2) is 0 Å². The van der Waals surface area contributed by atoms with E-state index in [1.807, 2.05) is 42.6 Å². The second-order valence-electron chi connectivity index (χ2n) is 6.56. The minimum absolute atomic E-state index is 0.105. The van der Waals surface area contributed by atoms with Gasteiger partial charge in [0.25, 0.3) is 5.91 Å². The summed E-state index contributed by atoms with van der Waals surface area (Å²) in [6, 6.07) is 16.4. The first kappa shape index (κ1) is 20.3. The van der Waals surface area contributed by atoms with Gasteiger partial charge >= 0.3 is 0 Å². The first-order valence-electron chi connectivity index (χ1n) is 9.40. The Hall–Kier alpha value is -2.97. The Morgan fingerprint density at radius 3 is 2.43 bits per heavy atom. The summed E-state index contributed by atoms with van der Waals surface area (Å²) in [6.07, 6.45) is 0. The molecule has 8 heteroatoms. The monoisotopic (exact) mass is 440 g/mol. The molecule has 4 rings (SSSR count). The van der Waals surface area contributed by atoms with Crippen molar-refractivity contribution in [1.82, 2.24) is 0 Å². The number of ether oxygens (including phenoxy) is 2. The van der Waals surface area contributed by atoms with E-state index < -0.39 is 0 Å². The third-order valence-electron chi connectivity index (χ3n) is 4.35. The van der Waals surface area contributed by atoms with Crippen LogP contribution in [0.4, 0.5) is 11.4 Å². The number of thiophene rings is 1. The number of amides is 2. The van der Waals surface area contributed by atoms with E-state index in [-0.39, 0.29) is 17.1 Å². The molecule has 1 unspecified atom stereocenters. The molecule has 0 bridgehead atoms. The molecule has 0 spiro atoms. The molecule has 154 valence electrons. The number of rotatable bonds is 6. The summed E-state index contributed by atoms with van der Waals surface area (Å²) in [5, 5.41) is 7.35. The van der Waals surface area contributed by atoms with Gasteiger partial charge in [0, 0.05) is 22.3 Å². The molecule has 0 aliphatic carbocycles. The van der Waals surface area contributed by atoms with E-state index in [0.29, 0.717) is 41.0 Å². The van der Waals surface area contributed by atoms with Gasteiger partial charge in [0.15, 0.2) is 11.5 Å². The quantitative estimate of drug-likeness (QED) is 0.534. The molecular weight excluding hydrogens is 420 g/mol. The van der Waals surface area contributed by atoms with Crippen LogP contribution in [0.3, 0.4) is 0 Å². The van der Waals surface area contributed by atoms with Crippen LogP contribution in [0.1, 0.15) is 16.6 Å². The predicted molar refractivity (Wildman–Crippen MR) is 120 cm³/mol. The van der Waals surface area contributed by atoms with Gasteiger partial charge in [0.1, 0.15) is 13.2 Å². The topological polar surface area (TPSA) is 76.7 Å². The van der Waals surface area contributed by atoms with Crippen LogP contribution in [0.5, 0.6) is 11.5 Å². The molecule has 2 heterocycles. The standard InChI is InChI=1S/C22H20N2O4S2/c1-14(21(25)24-16-6-9-18-19(13-16)28-11-10-27-18)30-17-7-4-15(5-8-17)23-22(26)20-3-2-12-29-20/h2-9,12-14H,10-11H2,1H3,(H,23,26)(H,24,25). The average molecular weight is 441 g/mol. The summed E-state index contributed by atoms with van der Waals surface area (Å²) in [5.41, 5.74) is 1.38. The maximum atomic E-state index is 12.6. The SMILES string of the molecule is CC(Sc1ccc(NC(=O)c2cccs2)cc1)C(=O)Nc1ccc2c(c1)OCCO2. The number of carbonyl (C=O) groups excluding carboxylic acids is 2. The third kappa shape index (κ3) is 4.95. The van der Waals surface area contributed by atoms with E-state index in [9.17, 15) is 9.59 Å². The molecule has 1 aromatic heterocycles. The molecule has 6 nitrogen and oxygen atoms in total. The molecule has 2 N–H and O–H groups in total. The fraction of sp³-hybridized carbons (Fsp3) is 0.182. The Bertz CT molecular complexity index is 1040. The minimum Gasteiger partial charge on any atom is -0.486 e. The van der Waals surface area contributed by atoms with Crippen LogP contribution in [0.25, 0.3) is 0 Å². The van der Waals surface area contributed by atoms with E-state index in [1.54, 1.807) is 24.3 Å². The average Bonchev–Trinajstić information content (AvgIpc) is 3.30. The lowest BCUT2D eigenvalue weighted by Crippen LogP contribution is -2.22. The number of hydrogen-bond acceptors (Lipinski definition) is 6. The molecular formula is C22H20N2O4S2. The molecule has 1 aliphatic rings. The second kappa shape index (κ2) is 9.23. The highest BCUT2D eigenvalue weighted by atomic mass is 32.2. The molecule has 0 saturated heterocycles. The first-order valence-corrected chi connectivity index (χ1v) is 11.2. The van der Waals surface area contributed by atoms with Crippen LogP contribution < -0.4 is 20.1 Å². The highest BCUT2D eigenvalue weighted by Gasteiger charge is 2.17. The molecule has 2 amide bonds. The zero-order valence-corrected chi connectivity index (χ0v) is 17.8. The normalized spacial score (nSPS) is 13.4. The van der Waals surface area contributed by atoms with Crippen LogP contribution in [-0.2, 0) is 4.79 Å². The predicted octanol–water partition coefficient (Wildman–Crippen LogP) is 4.89. The second-order valence-corrected chi connectivity index (χ2v) is 8.93. The van der Waals surface area contributed by atoms with Gasteiger partial charge in [-0.15, -0.1) is 23.1 Å². The molecule has 0 saturated carbocycles. The van der Waals surface area contributed by atoms with Crippen LogP contribution in [-0.4, -0.2) is 30.3 Å². The molecule has 2 aromatic carbocycles. The van der Waals surface area contributed by atoms with Gasteiger partial charge in [0.2, 0.25) is 5.91 Å². The van der Waals surface area contributed by atoms with Crippen molar-refractivity contribution in [1.29, 1.82) is 0 Å². The maximum absolute atomic E-state index is 12.6. The smallest absolute Gasteiger partial charge is 0.265 e. The van der Waals surface area contributed by atoms with Crippen molar-refractivity contribution in [2.45, 2.75) is 17.1 Å². The fourth-order valence-corrected chi connectivity index (χ4v) is 4.33. The number of anilines is 2. The van der Waals surface area contributed by atoms with Crippen molar-refractivity contribution >= 4 is 46.3 Å². The zero-order valence-electron chi connectivity index (χ0n) is 16.2. The molecule has 1 atom stereocenters. The Morgan fingerprint density at radius 1 is 0.967 bits per heavy atom. The van der Waals surface area contributed by atoms with E-state index >= 15 is 0 Å². The fourth-order valence-electron chi connectivity index (χ4n) is 2.84. The highest BCUT2D eigenvalue weighted by molar-refractivity contribution is 8.00. The van der Waals surface area contributed by atoms with Gasteiger partial charge < -0.3 is 20.1 Å². The Labute approximate surface area is 182 Å². The molecule has 0 radical (unpaired) electrons. The number of thioether (sulfide) groups is 1. The summed E-state index contributed by atoms with van der Waals surface area (Å²) in [4.78, 5) is 26.3. The number of benzene rings is 2. The van der Waals surface area contributed by atoms with Crippen LogP contribution in [0.15, 0.2) is 64.9 Å². The summed E-state index contributed by atoms with van der Waals surface area (Å²) < 4.78 is 11.1. The molecule has 3 aromatic rings. The largest absolute Gasteiger partial charge is 0.486 e. The number of carbonyl (C=O) groups is 2. The van der Waals surface area contributed by atoms with Crippen molar-refractivity contribution in [3.8, 4) is 11.5 Å². The summed E-state index contributed by atoms with van der Waals surface area (Å²) >= 11 is 2.84. The first-order chi connectivity index (χ1) is 14.6. The van der Waals surface area contributed by atoms with Gasteiger partial charge in [-0.3, -0.25) is 9.59 Å². The van der Waals surface area contributed by atoms with E-state index in [4.69, 9.17) is 9.47 Å². The summed E-state index contributed by atoms with van der Waals surface area (Å²) in [6.45, 7) is 2.88. The van der Waals surface area contributed by atoms with E-state index in [0.717, 1.165) is 4.90 Å². The van der Waals surface area contributed by atoms with Gasteiger partial charge in [-0.2, -0.15) is 0 Å². The number of hydrogen-bond donors (Lipinski definition) is 2. The van der Waals surface area contributed by atoms with Gasteiger partial charge in [-0.05, 0) is 54.8 Å². The summed E-state index contributed by atoms with van der Waals surface area (Å²) in [5.74, 6) is 1.09. The molecule has 0 fully saturated rings. The van der Waals surface area contributed by atoms with E-state index in [2.05, 4.69) is 10.6 Å². The zero-order chi connectivity index (χ0) is 20.9. The number of fused-ring (bicyclic) bond motifs is 1. The lowest BCUT2D eigenvalue weighted by Gasteiger charge is -2.19. The Morgan fingerprint density at radius 2 is 1.70 bits per heavy atom. The highest BCUT2D eigenvalue weighted by Crippen LogP contribution is 2.33. The van der Waals surface area contributed by atoms with E-state index in [1.165, 1.54) is 23.1 Å². The van der Waals surface area contributed by atoms with Crippen molar-refractivity contribution in [2.24, 2.45) is 0 Å². The molecule has 1 aliphatic heterocycles. The van der Waals surface area contributed by atoms with Crippen molar-refractivity contribution < 1.29 is 19.1 Å². The van der Waals surface area contributed by atoms with Crippen LogP contribution in [0.2, 0.25) is 0 Å². The maximum Gasteiger partial charge on any atom is 0.265 e. The van der Waals surface area contributed by atoms with Crippen molar-refractivity contribution in [3.05, 3.63) is 64.9 Å². The lowest BCUT2D eigenvalue weighted by atomic mass is 10.2. The number of nitrogens with one attached hydrogen (secondary N) is 2. The van der Waals surface area contributed by atoms with Crippen molar-refractivity contribution in [3.63, 3.8) is 0 Å². The van der Waals surface area contributed by atoms with Crippen molar-refractivity contribution in [2.75, 3.05) is 23.8 Å². The third-order valence-corrected chi connectivity index (χ3v) is 6.33. The van der Waals surface area contributed by atoms with Crippen LogP contribution in [0, 0.1) is 0 Å². The lowest BCUT2D eigenvalue weighted by molar-refractivity contribution is -0.115. The minimum atomic E-state index is -0.301. The summed E-state index contributed by atoms with van der Waals surface area (Å²) in [7, 11) is 0. The van der Waals surface area contributed by atoms with Crippen LogP contribution >= 0.6 is 23.1 Å². The Balaban J connectivity index is 1.32. The van der Waals surface area contributed by atoms with Gasteiger partial charge in [-0.1, -0.05) is 6.07 Å². The Kier molecular flexibility index (Phi) is 6.25. The van der Waals surface area contributed by atoms with Gasteiger partial charge in [0.05, 0.1) is 10.1 Å².